The summed E-state index contributed by atoms with van der Waals surface area (Å²) in [6.07, 6.45) is 0. The number of thioether (sulfide) groups is 1. The second-order valence-electron chi connectivity index (χ2n) is 5.12. The summed E-state index contributed by atoms with van der Waals surface area (Å²) in [5.74, 6) is 1.02. The molecule has 1 amide bonds. The van der Waals surface area contributed by atoms with E-state index in [2.05, 4.69) is 15.3 Å². The van der Waals surface area contributed by atoms with E-state index < -0.39 is 0 Å². The van der Waals surface area contributed by atoms with Crippen molar-refractivity contribution in [3.8, 4) is 5.75 Å². The molecule has 124 valence electrons. The van der Waals surface area contributed by atoms with Gasteiger partial charge in [-0.25, -0.2) is 4.98 Å². The third kappa shape index (κ3) is 4.21. The van der Waals surface area contributed by atoms with Crippen LogP contribution in [0.25, 0.3) is 11.0 Å². The number of rotatable bonds is 6. The summed E-state index contributed by atoms with van der Waals surface area (Å²) in [5, 5.41) is 4.27. The van der Waals surface area contributed by atoms with Gasteiger partial charge in [0.15, 0.2) is 5.16 Å². The van der Waals surface area contributed by atoms with E-state index in [1.165, 1.54) is 11.8 Å². The Morgan fingerprint density at radius 3 is 2.83 bits per heavy atom. The molecule has 0 bridgehead atoms. The number of nitrogens with zero attached hydrogens (tertiary/aromatic N) is 1. The van der Waals surface area contributed by atoms with Crippen LogP contribution in [0.4, 0.5) is 0 Å². The maximum absolute atomic E-state index is 12.0. The number of methoxy groups -OCH3 is 1. The lowest BCUT2D eigenvalue weighted by molar-refractivity contribution is -0.118. The number of aromatic nitrogens is 2. The van der Waals surface area contributed by atoms with Crippen LogP contribution >= 0.6 is 23.4 Å². The summed E-state index contributed by atoms with van der Waals surface area (Å²) in [7, 11) is 1.62. The molecule has 0 aliphatic heterocycles. The van der Waals surface area contributed by atoms with Crippen molar-refractivity contribution in [3.63, 3.8) is 0 Å². The molecule has 1 heterocycles. The molecule has 0 saturated carbocycles. The predicted octanol–water partition coefficient (Wildman–Crippen LogP) is 3.63. The van der Waals surface area contributed by atoms with E-state index in [1.54, 1.807) is 19.2 Å². The highest BCUT2D eigenvalue weighted by Crippen LogP contribution is 2.23. The number of nitrogens with one attached hydrogen (secondary N) is 2. The maximum atomic E-state index is 12.0. The molecule has 1 aromatic heterocycles. The van der Waals surface area contributed by atoms with Crippen molar-refractivity contribution in [2.24, 2.45) is 0 Å². The van der Waals surface area contributed by atoms with Crippen molar-refractivity contribution < 1.29 is 9.53 Å². The van der Waals surface area contributed by atoms with E-state index >= 15 is 0 Å². The molecule has 0 atom stereocenters. The highest BCUT2D eigenvalue weighted by Gasteiger charge is 2.08. The summed E-state index contributed by atoms with van der Waals surface area (Å²) in [5.41, 5.74) is 2.74. The fourth-order valence-electron chi connectivity index (χ4n) is 2.15. The van der Waals surface area contributed by atoms with Gasteiger partial charge in [-0.05, 0) is 29.8 Å². The standard InChI is InChI=1S/C17H16ClN3O2S/c1-23-13-6-7-14-15(8-13)21-17(20-14)24-10-16(22)19-9-11-2-4-12(18)5-3-11/h2-8H,9-10H2,1H3,(H,19,22)(H,20,21). The quantitative estimate of drug-likeness (QED) is 0.658. The first-order valence-electron chi connectivity index (χ1n) is 7.32. The first kappa shape index (κ1) is 16.7. The van der Waals surface area contributed by atoms with Gasteiger partial charge in [0.2, 0.25) is 5.91 Å². The van der Waals surface area contributed by atoms with E-state index in [0.29, 0.717) is 22.5 Å². The number of aromatic amines is 1. The molecule has 2 N–H and O–H groups in total. The van der Waals surface area contributed by atoms with Crippen LogP contribution in [0.15, 0.2) is 47.6 Å². The van der Waals surface area contributed by atoms with Crippen molar-refractivity contribution in [2.45, 2.75) is 11.7 Å². The molecule has 0 fully saturated rings. The average Bonchev–Trinajstić information content (AvgIpc) is 3.01. The number of hydrogen-bond acceptors (Lipinski definition) is 4. The fourth-order valence-corrected chi connectivity index (χ4v) is 2.99. The molecular formula is C17H16ClN3O2S. The summed E-state index contributed by atoms with van der Waals surface area (Å²) in [6.45, 7) is 0.480. The number of halogens is 1. The zero-order valence-corrected chi connectivity index (χ0v) is 14.6. The molecular weight excluding hydrogens is 346 g/mol. The zero-order chi connectivity index (χ0) is 16.9. The molecule has 0 saturated heterocycles. The normalized spacial score (nSPS) is 10.8. The van der Waals surface area contributed by atoms with Gasteiger partial charge in [-0.1, -0.05) is 35.5 Å². The third-order valence-corrected chi connectivity index (χ3v) is 4.54. The third-order valence-electron chi connectivity index (χ3n) is 3.41. The van der Waals surface area contributed by atoms with E-state index in [4.69, 9.17) is 16.3 Å². The molecule has 0 radical (unpaired) electrons. The van der Waals surface area contributed by atoms with Gasteiger partial charge in [-0.2, -0.15) is 0 Å². The number of fused-ring (bicyclic) bond motifs is 1. The number of benzene rings is 2. The van der Waals surface area contributed by atoms with Gasteiger partial charge < -0.3 is 15.0 Å². The fraction of sp³-hybridized carbons (Fsp3) is 0.176. The van der Waals surface area contributed by atoms with Crippen LogP contribution in [0.2, 0.25) is 5.02 Å². The summed E-state index contributed by atoms with van der Waals surface area (Å²) in [4.78, 5) is 19.6. The highest BCUT2D eigenvalue weighted by atomic mass is 35.5. The van der Waals surface area contributed by atoms with Crippen LogP contribution in [-0.4, -0.2) is 28.7 Å². The minimum absolute atomic E-state index is 0.0482. The molecule has 3 aromatic rings. The van der Waals surface area contributed by atoms with Crippen molar-refractivity contribution in [2.75, 3.05) is 12.9 Å². The SMILES string of the molecule is COc1ccc2nc(SCC(=O)NCc3ccc(Cl)cc3)[nH]c2c1. The van der Waals surface area contributed by atoms with E-state index in [9.17, 15) is 4.79 Å². The minimum Gasteiger partial charge on any atom is -0.497 e. The van der Waals surface area contributed by atoms with Crippen molar-refractivity contribution in [3.05, 3.63) is 53.1 Å². The van der Waals surface area contributed by atoms with Gasteiger partial charge in [0.05, 0.1) is 23.9 Å². The second-order valence-corrected chi connectivity index (χ2v) is 6.52. The molecule has 24 heavy (non-hydrogen) atoms. The number of carbonyl (C=O) groups excluding carboxylic acids is 1. The molecule has 5 nitrogen and oxygen atoms in total. The minimum atomic E-state index is -0.0482. The van der Waals surface area contributed by atoms with Crippen LogP contribution < -0.4 is 10.1 Å². The molecule has 2 aromatic carbocycles. The Labute approximate surface area is 148 Å². The number of ether oxygens (including phenoxy) is 1. The number of amides is 1. The second kappa shape index (κ2) is 7.59. The largest absolute Gasteiger partial charge is 0.497 e. The van der Waals surface area contributed by atoms with E-state index in [1.807, 2.05) is 30.3 Å². The summed E-state index contributed by atoms with van der Waals surface area (Å²) in [6, 6.07) is 13.0. The Morgan fingerprint density at radius 1 is 1.29 bits per heavy atom. The molecule has 0 aliphatic carbocycles. The Hall–Kier alpha value is -2.18. The Kier molecular flexibility index (Phi) is 5.27. The van der Waals surface area contributed by atoms with Gasteiger partial charge in [0.1, 0.15) is 5.75 Å². The summed E-state index contributed by atoms with van der Waals surface area (Å²) < 4.78 is 5.18. The van der Waals surface area contributed by atoms with Crippen molar-refractivity contribution in [1.82, 2.24) is 15.3 Å². The summed E-state index contributed by atoms with van der Waals surface area (Å²) >= 11 is 7.20. The number of hydrogen-bond donors (Lipinski definition) is 2. The van der Waals surface area contributed by atoms with E-state index in [0.717, 1.165) is 22.3 Å². The first-order chi connectivity index (χ1) is 11.6. The monoisotopic (exact) mass is 361 g/mol. The van der Waals surface area contributed by atoms with Gasteiger partial charge in [0.25, 0.3) is 0 Å². The number of imidazole rings is 1. The first-order valence-corrected chi connectivity index (χ1v) is 8.68. The highest BCUT2D eigenvalue weighted by molar-refractivity contribution is 7.99. The number of H-pyrrole nitrogens is 1. The smallest absolute Gasteiger partial charge is 0.230 e. The van der Waals surface area contributed by atoms with Gasteiger partial charge in [-0.15, -0.1) is 0 Å². The lowest BCUT2D eigenvalue weighted by Crippen LogP contribution is -2.24. The van der Waals surface area contributed by atoms with E-state index in [-0.39, 0.29) is 5.91 Å². The Balaban J connectivity index is 1.53. The van der Waals surface area contributed by atoms with Gasteiger partial charge in [0, 0.05) is 17.6 Å². The van der Waals surface area contributed by atoms with Crippen LogP contribution in [0, 0.1) is 0 Å². The lowest BCUT2D eigenvalue weighted by atomic mass is 10.2. The van der Waals surface area contributed by atoms with Crippen LogP contribution in [0.5, 0.6) is 5.75 Å². The topological polar surface area (TPSA) is 67.0 Å². The molecule has 0 aliphatic rings. The zero-order valence-electron chi connectivity index (χ0n) is 13.0. The lowest BCUT2D eigenvalue weighted by Gasteiger charge is -2.04. The Bertz CT molecular complexity index is 849. The Morgan fingerprint density at radius 2 is 2.08 bits per heavy atom. The van der Waals surface area contributed by atoms with Gasteiger partial charge >= 0.3 is 0 Å². The van der Waals surface area contributed by atoms with Crippen LogP contribution in [0.3, 0.4) is 0 Å². The molecule has 0 spiro atoms. The number of carbonyl (C=O) groups is 1. The molecule has 3 rings (SSSR count). The van der Waals surface area contributed by atoms with Crippen molar-refractivity contribution in [1.29, 1.82) is 0 Å². The molecule has 0 unspecified atom stereocenters. The van der Waals surface area contributed by atoms with Crippen molar-refractivity contribution >= 4 is 40.3 Å². The predicted molar refractivity (Wildman–Crippen MR) is 96.7 cm³/mol. The average molecular weight is 362 g/mol. The van der Waals surface area contributed by atoms with Crippen LogP contribution in [-0.2, 0) is 11.3 Å². The maximum Gasteiger partial charge on any atom is 0.230 e. The van der Waals surface area contributed by atoms with Gasteiger partial charge in [-0.3, -0.25) is 4.79 Å². The molecule has 7 heteroatoms. The van der Waals surface area contributed by atoms with Crippen LogP contribution in [0.1, 0.15) is 5.56 Å².